The second-order valence-electron chi connectivity index (χ2n) is 13.3. The van der Waals surface area contributed by atoms with Crippen molar-refractivity contribution >= 4 is 11.1 Å². The average Bonchev–Trinajstić information content (AvgIpc) is 3.44. The van der Waals surface area contributed by atoms with Crippen molar-refractivity contribution < 1.29 is 30.6 Å². The number of hydrogen-bond donors (Lipinski definition) is 1. The van der Waals surface area contributed by atoms with Gasteiger partial charge in [0.25, 0.3) is 0 Å². The van der Waals surface area contributed by atoms with Gasteiger partial charge in [-0.25, -0.2) is 4.98 Å². The topological polar surface area (TPSA) is 59.2 Å². The molecule has 45 heavy (non-hydrogen) atoms. The van der Waals surface area contributed by atoms with Gasteiger partial charge in [-0.1, -0.05) is 114 Å². The standard InChI is InChI=1S/C40H39N2O2.Pt/c1-24(2)26-16-27(25(3)4)18-28(17-26)29-19-30(21-31(20-29)35-13-10-11-15-41-35)34-22-32(40(5,6)7)23-37-38(34)42-39(44-37)33-12-8-9-14-36(33)43;/h8-20,22-25,43H,1-7H3;/q-1;. The molecule has 0 unspecified atom stereocenters. The quantitative estimate of drug-likeness (QED) is 0.171. The maximum absolute atomic E-state index is 10.6. The molecule has 0 bridgehead atoms. The van der Waals surface area contributed by atoms with E-state index in [4.69, 9.17) is 9.40 Å². The Bertz CT molecular complexity index is 1940. The Labute approximate surface area is 280 Å². The zero-order valence-electron chi connectivity index (χ0n) is 26.9. The minimum atomic E-state index is -0.135. The molecule has 0 radical (unpaired) electrons. The van der Waals surface area contributed by atoms with Crippen molar-refractivity contribution in [2.24, 2.45) is 0 Å². The first-order valence-corrected chi connectivity index (χ1v) is 15.4. The molecule has 6 aromatic rings. The van der Waals surface area contributed by atoms with E-state index in [1.807, 2.05) is 36.5 Å². The minimum Gasteiger partial charge on any atom is -0.507 e. The number of oxazole rings is 1. The second kappa shape index (κ2) is 12.8. The average molecular weight is 775 g/mol. The summed E-state index contributed by atoms with van der Waals surface area (Å²) in [5.41, 5.74) is 11.5. The van der Waals surface area contributed by atoms with Gasteiger partial charge < -0.3 is 9.52 Å². The molecule has 0 saturated heterocycles. The summed E-state index contributed by atoms with van der Waals surface area (Å²) in [4.78, 5) is 9.65. The van der Waals surface area contributed by atoms with Crippen LogP contribution in [0.4, 0.5) is 0 Å². The van der Waals surface area contributed by atoms with E-state index in [0.29, 0.717) is 28.9 Å². The van der Waals surface area contributed by atoms with Crippen LogP contribution in [0.15, 0.2) is 95.5 Å². The maximum atomic E-state index is 10.6. The smallest absolute Gasteiger partial charge is 0.230 e. The predicted molar refractivity (Wildman–Crippen MR) is 181 cm³/mol. The van der Waals surface area contributed by atoms with Gasteiger partial charge in [-0.15, -0.1) is 23.8 Å². The fourth-order valence-electron chi connectivity index (χ4n) is 5.49. The van der Waals surface area contributed by atoms with Crippen LogP contribution in [-0.4, -0.2) is 15.1 Å². The van der Waals surface area contributed by atoms with E-state index in [1.54, 1.807) is 12.1 Å². The van der Waals surface area contributed by atoms with Crippen LogP contribution in [0.2, 0.25) is 0 Å². The Morgan fingerprint density at radius 1 is 0.733 bits per heavy atom. The van der Waals surface area contributed by atoms with Crippen LogP contribution in [0, 0.1) is 6.07 Å². The third-order valence-electron chi connectivity index (χ3n) is 8.24. The molecule has 1 N–H and O–H groups in total. The maximum Gasteiger partial charge on any atom is 0.230 e. The number of aromatic hydroxyl groups is 1. The van der Waals surface area contributed by atoms with E-state index < -0.39 is 0 Å². The number of aromatic nitrogens is 2. The van der Waals surface area contributed by atoms with Gasteiger partial charge in [-0.05, 0) is 63.8 Å². The molecular weight excluding hydrogens is 736 g/mol. The normalized spacial score (nSPS) is 11.8. The minimum absolute atomic E-state index is 0. The summed E-state index contributed by atoms with van der Waals surface area (Å²) in [7, 11) is 0. The Hall–Kier alpha value is -4.01. The zero-order valence-corrected chi connectivity index (χ0v) is 29.2. The number of rotatable bonds is 6. The fraction of sp³-hybridized carbons (Fsp3) is 0.250. The van der Waals surface area contributed by atoms with Crippen molar-refractivity contribution in [2.75, 3.05) is 0 Å². The van der Waals surface area contributed by atoms with Crippen molar-refractivity contribution in [1.29, 1.82) is 0 Å². The third kappa shape index (κ3) is 6.67. The third-order valence-corrected chi connectivity index (χ3v) is 8.24. The molecule has 0 aliphatic carbocycles. The van der Waals surface area contributed by atoms with E-state index in [9.17, 15) is 5.11 Å². The van der Waals surface area contributed by atoms with Crippen LogP contribution in [-0.2, 0) is 26.5 Å². The summed E-state index contributed by atoms with van der Waals surface area (Å²) in [5, 5.41) is 10.6. The van der Waals surface area contributed by atoms with E-state index in [1.165, 1.54) is 16.7 Å². The number of pyridine rings is 1. The van der Waals surface area contributed by atoms with E-state index in [0.717, 1.165) is 39.0 Å². The van der Waals surface area contributed by atoms with Gasteiger partial charge >= 0.3 is 0 Å². The molecule has 0 atom stereocenters. The number of para-hydroxylation sites is 1. The van der Waals surface area contributed by atoms with Crippen molar-refractivity contribution in [1.82, 2.24) is 9.97 Å². The predicted octanol–water partition coefficient (Wildman–Crippen LogP) is 10.9. The van der Waals surface area contributed by atoms with Crippen LogP contribution in [0.3, 0.4) is 0 Å². The summed E-state index contributed by atoms with van der Waals surface area (Å²) in [6, 6.07) is 32.4. The number of phenolic OH excluding ortho intramolecular Hbond substituents is 1. The van der Waals surface area contributed by atoms with Crippen molar-refractivity contribution in [3.63, 3.8) is 0 Å². The van der Waals surface area contributed by atoms with Gasteiger partial charge in [0.1, 0.15) is 11.3 Å². The Balaban J connectivity index is 0.00000400. The first kappa shape index (κ1) is 32.4. The second-order valence-corrected chi connectivity index (χ2v) is 13.3. The molecule has 4 nitrogen and oxygen atoms in total. The molecule has 5 heteroatoms. The number of fused-ring (bicyclic) bond motifs is 1. The summed E-state index contributed by atoms with van der Waals surface area (Å²) < 4.78 is 6.35. The SMILES string of the molecule is CC(C)c1cc(-c2cc(-c3ccccn3)[c-]c(-c3cc(C(C)(C)C)cc4oc(-c5ccccc5O)nc34)c2)cc(C(C)C)c1.[Pt]. The number of phenols is 1. The molecule has 0 spiro atoms. The molecule has 0 fully saturated rings. The van der Waals surface area contributed by atoms with Crippen molar-refractivity contribution in [3.8, 4) is 50.7 Å². The van der Waals surface area contributed by atoms with Crippen LogP contribution < -0.4 is 0 Å². The van der Waals surface area contributed by atoms with Gasteiger partial charge in [0.2, 0.25) is 5.89 Å². The van der Waals surface area contributed by atoms with Crippen molar-refractivity contribution in [2.45, 2.75) is 65.7 Å². The van der Waals surface area contributed by atoms with Crippen molar-refractivity contribution in [3.05, 3.63) is 114 Å². The van der Waals surface area contributed by atoms with Gasteiger partial charge in [-0.2, -0.15) is 0 Å². The molecule has 0 amide bonds. The van der Waals surface area contributed by atoms with E-state index in [2.05, 4.69) is 102 Å². The molecule has 6 rings (SSSR count). The molecule has 4 aromatic carbocycles. The molecular formula is C40H39N2O2Pt-. The van der Waals surface area contributed by atoms with E-state index >= 15 is 0 Å². The fourth-order valence-corrected chi connectivity index (χ4v) is 5.49. The van der Waals surface area contributed by atoms with E-state index in [-0.39, 0.29) is 32.2 Å². The first-order chi connectivity index (χ1) is 21.0. The largest absolute Gasteiger partial charge is 0.507 e. The molecule has 0 aliphatic heterocycles. The van der Waals surface area contributed by atoms with Gasteiger partial charge in [0.05, 0.1) is 11.1 Å². The molecule has 232 valence electrons. The molecule has 0 aliphatic rings. The Morgan fingerprint density at radius 2 is 1.38 bits per heavy atom. The van der Waals surface area contributed by atoms with Gasteiger partial charge in [0.15, 0.2) is 0 Å². The number of nitrogens with zero attached hydrogens (tertiary/aromatic N) is 2. The number of benzene rings is 4. The summed E-state index contributed by atoms with van der Waals surface area (Å²) in [6.45, 7) is 15.6. The van der Waals surface area contributed by atoms with Gasteiger partial charge in [0, 0.05) is 33.0 Å². The Morgan fingerprint density at radius 3 is 2.00 bits per heavy atom. The first-order valence-electron chi connectivity index (χ1n) is 15.4. The summed E-state index contributed by atoms with van der Waals surface area (Å²) in [6.07, 6.45) is 1.82. The zero-order chi connectivity index (χ0) is 31.2. The monoisotopic (exact) mass is 774 g/mol. The summed E-state index contributed by atoms with van der Waals surface area (Å²) >= 11 is 0. The van der Waals surface area contributed by atoms with Crippen LogP contribution in [0.5, 0.6) is 5.75 Å². The van der Waals surface area contributed by atoms with Crippen LogP contribution in [0.1, 0.15) is 77.0 Å². The molecule has 0 saturated carbocycles. The van der Waals surface area contributed by atoms with Gasteiger partial charge in [-0.3, -0.25) is 4.98 Å². The Kier molecular flexibility index (Phi) is 9.19. The molecule has 2 heterocycles. The summed E-state index contributed by atoms with van der Waals surface area (Å²) in [5.74, 6) is 1.33. The van der Waals surface area contributed by atoms with Crippen LogP contribution >= 0.6 is 0 Å². The molecule has 2 aromatic heterocycles. The number of hydrogen-bond acceptors (Lipinski definition) is 4. The van der Waals surface area contributed by atoms with Crippen LogP contribution in [0.25, 0.3) is 56.1 Å².